The first-order chi connectivity index (χ1) is 10.4. The number of benzene rings is 3. The lowest BCUT2D eigenvalue weighted by Gasteiger charge is -2.07. The lowest BCUT2D eigenvalue weighted by atomic mass is 9.98. The van der Waals surface area contributed by atoms with E-state index in [2.05, 4.69) is 35.3 Å². The molecule has 0 saturated carbocycles. The van der Waals surface area contributed by atoms with E-state index in [0.717, 1.165) is 27.8 Å². The number of rotatable bonds is 2. The van der Waals surface area contributed by atoms with E-state index in [1.54, 1.807) is 0 Å². The summed E-state index contributed by atoms with van der Waals surface area (Å²) >= 11 is 0. The summed E-state index contributed by atoms with van der Waals surface area (Å²) in [5.74, 6) is 0. The highest BCUT2D eigenvalue weighted by Gasteiger charge is 2.10. The molecule has 0 amide bonds. The summed E-state index contributed by atoms with van der Waals surface area (Å²) < 4.78 is 5.53. The SMILES string of the molecule is c1ccc(-c2cc(-c3ccccc3)c3ncoc3c2)cc1. The van der Waals surface area contributed by atoms with E-state index in [1.807, 2.05) is 42.5 Å². The fourth-order valence-corrected chi connectivity index (χ4v) is 2.60. The third kappa shape index (κ3) is 2.11. The zero-order chi connectivity index (χ0) is 14.1. The molecule has 4 rings (SSSR count). The molecule has 2 heteroatoms. The topological polar surface area (TPSA) is 26.0 Å². The van der Waals surface area contributed by atoms with Crippen molar-refractivity contribution in [2.24, 2.45) is 0 Å². The molecule has 0 spiro atoms. The average molecular weight is 271 g/mol. The molecule has 0 aliphatic carbocycles. The Hall–Kier alpha value is -2.87. The Labute approximate surface area is 122 Å². The van der Waals surface area contributed by atoms with Crippen LogP contribution in [0.4, 0.5) is 0 Å². The standard InChI is InChI=1S/C19H13NO/c1-3-7-14(8-4-1)16-11-17(15-9-5-2-6-10-15)19-18(12-16)21-13-20-19/h1-13H. The number of oxazole rings is 1. The maximum atomic E-state index is 5.53. The van der Waals surface area contributed by atoms with Crippen LogP contribution in [-0.4, -0.2) is 4.98 Å². The number of fused-ring (bicyclic) bond motifs is 1. The van der Waals surface area contributed by atoms with Crippen LogP contribution in [0.1, 0.15) is 0 Å². The summed E-state index contributed by atoms with van der Waals surface area (Å²) in [6.07, 6.45) is 1.51. The fourth-order valence-electron chi connectivity index (χ4n) is 2.60. The second kappa shape index (κ2) is 4.91. The van der Waals surface area contributed by atoms with Crippen molar-refractivity contribution in [3.05, 3.63) is 79.2 Å². The molecule has 1 heterocycles. The quantitative estimate of drug-likeness (QED) is 0.503. The summed E-state index contributed by atoms with van der Waals surface area (Å²) in [6, 6.07) is 24.8. The third-order valence-corrected chi connectivity index (χ3v) is 3.63. The minimum Gasteiger partial charge on any atom is -0.443 e. The Morgan fingerprint density at radius 1 is 0.667 bits per heavy atom. The van der Waals surface area contributed by atoms with Gasteiger partial charge in [0, 0.05) is 5.56 Å². The highest BCUT2D eigenvalue weighted by molar-refractivity contribution is 5.94. The molecule has 0 radical (unpaired) electrons. The van der Waals surface area contributed by atoms with Gasteiger partial charge in [-0.25, -0.2) is 4.98 Å². The smallest absolute Gasteiger partial charge is 0.182 e. The van der Waals surface area contributed by atoms with Crippen LogP contribution in [0.5, 0.6) is 0 Å². The van der Waals surface area contributed by atoms with Crippen molar-refractivity contribution >= 4 is 11.1 Å². The average Bonchev–Trinajstić information content (AvgIpc) is 3.04. The molecule has 0 aliphatic rings. The second-order valence-corrected chi connectivity index (χ2v) is 4.95. The Bertz CT molecular complexity index is 879. The van der Waals surface area contributed by atoms with Crippen LogP contribution in [0, 0.1) is 0 Å². The molecular formula is C19H13NO. The molecule has 3 aromatic carbocycles. The zero-order valence-corrected chi connectivity index (χ0v) is 11.4. The van der Waals surface area contributed by atoms with Crippen LogP contribution in [0.15, 0.2) is 83.6 Å². The van der Waals surface area contributed by atoms with E-state index < -0.39 is 0 Å². The van der Waals surface area contributed by atoms with Crippen molar-refractivity contribution in [1.29, 1.82) is 0 Å². The van der Waals surface area contributed by atoms with Gasteiger partial charge in [0.05, 0.1) is 0 Å². The van der Waals surface area contributed by atoms with Gasteiger partial charge in [-0.2, -0.15) is 0 Å². The van der Waals surface area contributed by atoms with Crippen LogP contribution in [0.3, 0.4) is 0 Å². The zero-order valence-electron chi connectivity index (χ0n) is 11.4. The lowest BCUT2D eigenvalue weighted by Crippen LogP contribution is -1.84. The van der Waals surface area contributed by atoms with Crippen molar-refractivity contribution in [3.8, 4) is 22.3 Å². The number of hydrogen-bond donors (Lipinski definition) is 0. The summed E-state index contributed by atoms with van der Waals surface area (Å²) in [5.41, 5.74) is 6.28. The summed E-state index contributed by atoms with van der Waals surface area (Å²) in [6.45, 7) is 0. The van der Waals surface area contributed by atoms with Crippen molar-refractivity contribution in [1.82, 2.24) is 4.98 Å². The monoisotopic (exact) mass is 271 g/mol. The van der Waals surface area contributed by atoms with Gasteiger partial charge in [0.15, 0.2) is 12.0 Å². The van der Waals surface area contributed by atoms with Gasteiger partial charge in [-0.05, 0) is 28.8 Å². The largest absolute Gasteiger partial charge is 0.443 e. The molecule has 21 heavy (non-hydrogen) atoms. The number of aromatic nitrogens is 1. The van der Waals surface area contributed by atoms with Crippen molar-refractivity contribution in [2.75, 3.05) is 0 Å². The lowest BCUT2D eigenvalue weighted by molar-refractivity contribution is 0.602. The molecule has 0 N–H and O–H groups in total. The van der Waals surface area contributed by atoms with E-state index in [9.17, 15) is 0 Å². The molecule has 0 bridgehead atoms. The van der Waals surface area contributed by atoms with Gasteiger partial charge < -0.3 is 4.42 Å². The van der Waals surface area contributed by atoms with Gasteiger partial charge in [-0.15, -0.1) is 0 Å². The Morgan fingerprint density at radius 3 is 2.05 bits per heavy atom. The van der Waals surface area contributed by atoms with Gasteiger partial charge in [0.1, 0.15) is 5.52 Å². The van der Waals surface area contributed by atoms with E-state index in [0.29, 0.717) is 0 Å². The molecule has 4 aromatic rings. The van der Waals surface area contributed by atoms with Crippen molar-refractivity contribution in [3.63, 3.8) is 0 Å². The van der Waals surface area contributed by atoms with E-state index in [1.165, 1.54) is 12.0 Å². The molecule has 0 atom stereocenters. The van der Waals surface area contributed by atoms with Crippen molar-refractivity contribution < 1.29 is 4.42 Å². The maximum absolute atomic E-state index is 5.53. The number of hydrogen-bond acceptors (Lipinski definition) is 2. The van der Waals surface area contributed by atoms with E-state index in [-0.39, 0.29) is 0 Å². The van der Waals surface area contributed by atoms with Crippen LogP contribution >= 0.6 is 0 Å². The molecule has 2 nitrogen and oxygen atoms in total. The van der Waals surface area contributed by atoms with Crippen LogP contribution in [-0.2, 0) is 0 Å². The summed E-state index contributed by atoms with van der Waals surface area (Å²) in [7, 11) is 0. The van der Waals surface area contributed by atoms with Gasteiger partial charge >= 0.3 is 0 Å². The molecule has 1 aromatic heterocycles. The van der Waals surface area contributed by atoms with Crippen LogP contribution in [0.25, 0.3) is 33.4 Å². The molecular weight excluding hydrogens is 258 g/mol. The summed E-state index contributed by atoms with van der Waals surface area (Å²) in [5, 5.41) is 0. The molecule has 0 unspecified atom stereocenters. The predicted molar refractivity (Wildman–Crippen MR) is 84.9 cm³/mol. The normalized spacial score (nSPS) is 10.9. The third-order valence-electron chi connectivity index (χ3n) is 3.63. The molecule has 0 fully saturated rings. The minimum atomic E-state index is 0.815. The van der Waals surface area contributed by atoms with Crippen LogP contribution in [0.2, 0.25) is 0 Å². The fraction of sp³-hybridized carbons (Fsp3) is 0. The Morgan fingerprint density at radius 2 is 1.33 bits per heavy atom. The van der Waals surface area contributed by atoms with Gasteiger partial charge in [0.2, 0.25) is 0 Å². The van der Waals surface area contributed by atoms with Crippen LogP contribution < -0.4 is 0 Å². The number of nitrogens with zero attached hydrogens (tertiary/aromatic N) is 1. The Balaban J connectivity index is 2.00. The van der Waals surface area contributed by atoms with E-state index >= 15 is 0 Å². The first-order valence-corrected chi connectivity index (χ1v) is 6.90. The highest BCUT2D eigenvalue weighted by Crippen LogP contribution is 2.33. The molecule has 100 valence electrons. The van der Waals surface area contributed by atoms with Gasteiger partial charge in [-0.1, -0.05) is 60.7 Å². The van der Waals surface area contributed by atoms with Gasteiger partial charge in [0.25, 0.3) is 0 Å². The maximum Gasteiger partial charge on any atom is 0.182 e. The predicted octanol–water partition coefficient (Wildman–Crippen LogP) is 5.16. The molecule has 0 aliphatic heterocycles. The van der Waals surface area contributed by atoms with Crippen molar-refractivity contribution in [2.45, 2.75) is 0 Å². The van der Waals surface area contributed by atoms with Gasteiger partial charge in [-0.3, -0.25) is 0 Å². The first-order valence-electron chi connectivity index (χ1n) is 6.90. The first kappa shape index (κ1) is 11.9. The van der Waals surface area contributed by atoms with E-state index in [4.69, 9.17) is 4.42 Å². The Kier molecular flexibility index (Phi) is 2.79. The minimum absolute atomic E-state index is 0.815. The second-order valence-electron chi connectivity index (χ2n) is 4.95. The highest BCUT2D eigenvalue weighted by atomic mass is 16.3. The molecule has 0 saturated heterocycles. The summed E-state index contributed by atoms with van der Waals surface area (Å²) in [4.78, 5) is 4.36.